The standard InChI is InChI=1S/C13H16F2O6S/c1-20-22(18,19)13(14,15)11(17)21-12-4-7-2-8(5-12)10(16)9(3-7)6-12/h7-9H,2-6H2,1H3. The topological polar surface area (TPSA) is 86.7 Å². The van der Waals surface area contributed by atoms with Crippen LogP contribution in [0.5, 0.6) is 0 Å². The highest BCUT2D eigenvalue weighted by Gasteiger charge is 2.62. The normalized spacial score (nSPS) is 37.4. The summed E-state index contributed by atoms with van der Waals surface area (Å²) < 4.78 is 58.4. The molecule has 4 fully saturated rings. The Hall–Kier alpha value is -1.09. The largest absolute Gasteiger partial charge is 0.466 e. The summed E-state index contributed by atoms with van der Waals surface area (Å²) in [6.45, 7) is 0. The van der Waals surface area contributed by atoms with E-state index < -0.39 is 26.9 Å². The molecule has 0 aromatic carbocycles. The van der Waals surface area contributed by atoms with Crippen molar-refractivity contribution in [1.29, 1.82) is 0 Å². The van der Waals surface area contributed by atoms with Gasteiger partial charge in [0, 0.05) is 11.8 Å². The second-order valence-corrected chi connectivity index (χ2v) is 8.21. The van der Waals surface area contributed by atoms with Crippen LogP contribution in [-0.4, -0.2) is 38.1 Å². The van der Waals surface area contributed by atoms with Gasteiger partial charge in [-0.15, -0.1) is 0 Å². The molecule has 4 saturated carbocycles. The van der Waals surface area contributed by atoms with E-state index in [1.165, 1.54) is 0 Å². The smallest absolute Gasteiger partial charge is 0.454 e. The van der Waals surface area contributed by atoms with Gasteiger partial charge < -0.3 is 4.74 Å². The molecule has 6 nitrogen and oxygen atoms in total. The van der Waals surface area contributed by atoms with Crippen LogP contribution in [0.4, 0.5) is 8.78 Å². The zero-order valence-electron chi connectivity index (χ0n) is 11.9. The van der Waals surface area contributed by atoms with Crippen molar-refractivity contribution in [3.8, 4) is 0 Å². The number of esters is 1. The molecule has 2 unspecified atom stereocenters. The van der Waals surface area contributed by atoms with Gasteiger partial charge in [-0.05, 0) is 38.0 Å². The van der Waals surface area contributed by atoms with Crippen LogP contribution in [0.25, 0.3) is 0 Å². The van der Waals surface area contributed by atoms with Gasteiger partial charge in [0.25, 0.3) is 0 Å². The van der Waals surface area contributed by atoms with Gasteiger partial charge in [-0.25, -0.2) is 4.79 Å². The fraction of sp³-hybridized carbons (Fsp3) is 0.846. The molecule has 4 rings (SSSR count). The highest BCUT2D eigenvalue weighted by Crippen LogP contribution is 2.56. The van der Waals surface area contributed by atoms with E-state index in [0.717, 1.165) is 0 Å². The minimum atomic E-state index is -5.37. The van der Waals surface area contributed by atoms with Gasteiger partial charge in [0.1, 0.15) is 11.4 Å². The number of halogens is 2. The minimum absolute atomic E-state index is 0.110. The van der Waals surface area contributed by atoms with Crippen LogP contribution < -0.4 is 0 Å². The molecule has 0 aliphatic heterocycles. The maximum atomic E-state index is 13.7. The molecule has 0 saturated heterocycles. The van der Waals surface area contributed by atoms with Crippen molar-refractivity contribution < 1.29 is 35.7 Å². The molecule has 0 radical (unpaired) electrons. The molecule has 0 spiro atoms. The van der Waals surface area contributed by atoms with Crippen LogP contribution in [0.1, 0.15) is 32.1 Å². The molecule has 0 heterocycles. The molecule has 124 valence electrons. The summed E-state index contributed by atoms with van der Waals surface area (Å²) >= 11 is 0. The first-order valence-corrected chi connectivity index (χ1v) is 8.46. The summed E-state index contributed by atoms with van der Waals surface area (Å²) in [5.41, 5.74) is -1.14. The number of hydrogen-bond donors (Lipinski definition) is 0. The number of alkyl halides is 2. The number of carbonyl (C=O) groups is 2. The van der Waals surface area contributed by atoms with Crippen LogP contribution in [0.15, 0.2) is 0 Å². The monoisotopic (exact) mass is 338 g/mol. The first kappa shape index (κ1) is 15.8. The van der Waals surface area contributed by atoms with E-state index in [0.29, 0.717) is 26.4 Å². The Kier molecular flexibility index (Phi) is 3.38. The fourth-order valence-corrected chi connectivity index (χ4v) is 4.72. The van der Waals surface area contributed by atoms with Crippen molar-refractivity contribution in [2.45, 2.75) is 43.0 Å². The molecule has 0 amide bonds. The number of hydrogen-bond acceptors (Lipinski definition) is 6. The Morgan fingerprint density at radius 1 is 1.23 bits per heavy atom. The van der Waals surface area contributed by atoms with Gasteiger partial charge in [0.15, 0.2) is 0 Å². The Labute approximate surface area is 126 Å². The first-order chi connectivity index (χ1) is 10.1. The zero-order chi connectivity index (χ0) is 16.3. The summed E-state index contributed by atoms with van der Waals surface area (Å²) in [5.74, 6) is -2.39. The maximum Gasteiger partial charge on any atom is 0.466 e. The lowest BCUT2D eigenvalue weighted by atomic mass is 9.53. The van der Waals surface area contributed by atoms with Crippen LogP contribution >= 0.6 is 0 Å². The van der Waals surface area contributed by atoms with Gasteiger partial charge in [-0.3, -0.25) is 8.98 Å². The molecule has 9 heteroatoms. The summed E-state index contributed by atoms with van der Waals surface area (Å²) in [7, 11) is -4.81. The molecule has 0 aromatic rings. The molecule has 0 N–H and O–H groups in total. The van der Waals surface area contributed by atoms with E-state index in [1.807, 2.05) is 0 Å². The van der Waals surface area contributed by atoms with Crippen LogP contribution in [0.2, 0.25) is 0 Å². The van der Waals surface area contributed by atoms with Gasteiger partial charge in [-0.2, -0.15) is 17.2 Å². The highest BCUT2D eigenvalue weighted by atomic mass is 32.2. The maximum absolute atomic E-state index is 13.7. The Morgan fingerprint density at radius 3 is 2.27 bits per heavy atom. The molecule has 4 aliphatic carbocycles. The molecular weight excluding hydrogens is 322 g/mol. The van der Waals surface area contributed by atoms with E-state index in [4.69, 9.17) is 4.74 Å². The summed E-state index contributed by atoms with van der Waals surface area (Å²) in [6, 6.07) is 0. The Morgan fingerprint density at radius 2 is 1.77 bits per heavy atom. The predicted octanol–water partition coefficient (Wildman–Crippen LogP) is 1.25. The summed E-state index contributed by atoms with van der Waals surface area (Å²) in [4.78, 5) is 23.7. The summed E-state index contributed by atoms with van der Waals surface area (Å²) in [6.07, 6.45) is 2.20. The average Bonchev–Trinajstić information content (AvgIpc) is 2.43. The van der Waals surface area contributed by atoms with Crippen molar-refractivity contribution in [3.05, 3.63) is 0 Å². The van der Waals surface area contributed by atoms with Crippen LogP contribution in [0, 0.1) is 17.8 Å². The van der Waals surface area contributed by atoms with Gasteiger partial charge in [0.2, 0.25) is 0 Å². The highest BCUT2D eigenvalue weighted by molar-refractivity contribution is 7.88. The number of Topliss-reactive ketones (excluding diaryl/α,β-unsaturated/α-hetero) is 1. The van der Waals surface area contributed by atoms with Crippen molar-refractivity contribution >= 4 is 21.9 Å². The van der Waals surface area contributed by atoms with Crippen molar-refractivity contribution in [2.24, 2.45) is 17.8 Å². The predicted molar refractivity (Wildman–Crippen MR) is 68.3 cm³/mol. The number of ketones is 1. The molecule has 22 heavy (non-hydrogen) atoms. The average molecular weight is 338 g/mol. The van der Waals surface area contributed by atoms with Crippen molar-refractivity contribution in [1.82, 2.24) is 0 Å². The molecule has 4 aliphatic rings. The lowest BCUT2D eigenvalue weighted by Gasteiger charge is -2.54. The molecule has 2 atom stereocenters. The number of ether oxygens (including phenoxy) is 1. The van der Waals surface area contributed by atoms with E-state index in [2.05, 4.69) is 4.18 Å². The van der Waals surface area contributed by atoms with E-state index in [1.54, 1.807) is 0 Å². The lowest BCUT2D eigenvalue weighted by Crippen LogP contribution is -2.58. The van der Waals surface area contributed by atoms with Crippen LogP contribution in [-0.2, 0) is 28.6 Å². The zero-order valence-corrected chi connectivity index (χ0v) is 12.7. The number of rotatable bonds is 4. The second kappa shape index (κ2) is 4.70. The summed E-state index contributed by atoms with van der Waals surface area (Å²) in [5, 5.41) is -4.75. The number of carbonyl (C=O) groups excluding carboxylic acids is 2. The lowest BCUT2D eigenvalue weighted by molar-refractivity contribution is -0.201. The first-order valence-electron chi connectivity index (χ1n) is 7.05. The van der Waals surface area contributed by atoms with Gasteiger partial charge in [-0.1, -0.05) is 0 Å². The third-order valence-corrected chi connectivity index (χ3v) is 6.25. The van der Waals surface area contributed by atoms with Crippen LogP contribution in [0.3, 0.4) is 0 Å². The second-order valence-electron chi connectivity index (χ2n) is 6.46. The van der Waals surface area contributed by atoms with Gasteiger partial charge >= 0.3 is 21.3 Å². The van der Waals surface area contributed by atoms with E-state index >= 15 is 0 Å². The molecule has 0 aromatic heterocycles. The Balaban J connectivity index is 1.82. The van der Waals surface area contributed by atoms with Crippen molar-refractivity contribution in [2.75, 3.05) is 7.11 Å². The molecule has 4 bridgehead atoms. The fourth-order valence-electron chi connectivity index (χ4n) is 4.26. The minimum Gasteiger partial charge on any atom is -0.454 e. The van der Waals surface area contributed by atoms with E-state index in [-0.39, 0.29) is 36.4 Å². The van der Waals surface area contributed by atoms with Gasteiger partial charge in [0.05, 0.1) is 7.11 Å². The SMILES string of the molecule is COS(=O)(=O)C(F)(F)C(=O)OC12CC3CC(C1)C(=O)C(C3)C2. The third-order valence-electron chi connectivity index (χ3n) is 5.02. The van der Waals surface area contributed by atoms with Crippen molar-refractivity contribution in [3.63, 3.8) is 0 Å². The third kappa shape index (κ3) is 2.17. The molecular formula is C13H16F2O6S. The van der Waals surface area contributed by atoms with E-state index in [9.17, 15) is 26.8 Å². The quantitative estimate of drug-likeness (QED) is 0.566. The Bertz CT molecular complexity index is 610.